The Hall–Kier alpha value is -4.39. The molecule has 3 aromatic carbocycles. The zero-order valence-electron chi connectivity index (χ0n) is 19.7. The van der Waals surface area contributed by atoms with Crippen molar-refractivity contribution in [3.63, 3.8) is 0 Å². The van der Waals surface area contributed by atoms with Crippen LogP contribution in [0.3, 0.4) is 0 Å². The van der Waals surface area contributed by atoms with E-state index in [9.17, 15) is 4.79 Å². The molecule has 0 saturated carbocycles. The lowest BCUT2D eigenvalue weighted by atomic mass is 10.0. The van der Waals surface area contributed by atoms with Gasteiger partial charge in [0.2, 0.25) is 0 Å². The Morgan fingerprint density at radius 3 is 2.46 bits per heavy atom. The van der Waals surface area contributed by atoms with Gasteiger partial charge in [-0.2, -0.15) is 0 Å². The Balaban J connectivity index is 1.32. The minimum atomic E-state index is -0.188. The molecule has 7 heteroatoms. The molecule has 2 aromatic heterocycles. The first-order valence-corrected chi connectivity index (χ1v) is 11.5. The second-order valence-corrected chi connectivity index (χ2v) is 8.52. The number of nitrogens with one attached hydrogen (secondary N) is 1. The van der Waals surface area contributed by atoms with Crippen molar-refractivity contribution in [3.05, 3.63) is 113 Å². The molecule has 0 saturated heterocycles. The normalized spacial score (nSPS) is 11.0. The lowest BCUT2D eigenvalue weighted by molar-refractivity contribution is 0.0946. The summed E-state index contributed by atoms with van der Waals surface area (Å²) in [6, 6.07) is 19.9. The van der Waals surface area contributed by atoms with E-state index in [0.29, 0.717) is 23.6 Å². The van der Waals surface area contributed by atoms with Gasteiger partial charge in [-0.3, -0.25) is 4.79 Å². The molecular weight excluding hydrogens is 440 g/mol. The summed E-state index contributed by atoms with van der Waals surface area (Å²) in [5, 5.41) is 9.01. The van der Waals surface area contributed by atoms with Crippen molar-refractivity contribution < 1.29 is 14.1 Å². The van der Waals surface area contributed by atoms with Gasteiger partial charge in [0, 0.05) is 25.5 Å². The topological polar surface area (TPSA) is 82.2 Å². The van der Waals surface area contributed by atoms with E-state index in [1.165, 1.54) is 5.56 Å². The van der Waals surface area contributed by atoms with Crippen LogP contribution in [0.1, 0.15) is 38.5 Å². The largest absolute Gasteiger partial charge is 0.488 e. The van der Waals surface area contributed by atoms with Gasteiger partial charge in [-0.15, -0.1) is 0 Å². The molecule has 0 bridgehead atoms. The Morgan fingerprint density at radius 2 is 1.77 bits per heavy atom. The number of amides is 1. The summed E-state index contributed by atoms with van der Waals surface area (Å²) in [5.74, 6) is 1.05. The zero-order chi connectivity index (χ0) is 24.2. The van der Waals surface area contributed by atoms with Crippen LogP contribution in [-0.4, -0.2) is 20.6 Å². The number of aromatic nitrogens is 3. The molecule has 0 unspecified atom stereocenters. The summed E-state index contributed by atoms with van der Waals surface area (Å²) in [7, 11) is 0. The Morgan fingerprint density at radius 1 is 1.03 bits per heavy atom. The summed E-state index contributed by atoms with van der Waals surface area (Å²) in [6.07, 6.45) is 5.50. The number of nitrogens with zero attached hydrogens (tertiary/aromatic N) is 3. The van der Waals surface area contributed by atoms with Gasteiger partial charge in [0.05, 0.1) is 23.1 Å². The van der Waals surface area contributed by atoms with Crippen molar-refractivity contribution in [2.24, 2.45) is 0 Å². The Labute approximate surface area is 203 Å². The summed E-state index contributed by atoms with van der Waals surface area (Å²) >= 11 is 0. The van der Waals surface area contributed by atoms with Crippen LogP contribution in [0.5, 0.6) is 5.75 Å². The standard InChI is InChI=1S/C28H26N4O3/c1-19-26(20(2)35-31-19)17-34-27-14-24-6-4-3-5-23(24)13-25(27)28(33)30-15-21-7-9-22(10-8-21)16-32-12-11-29-18-32/h3-14,18H,15-17H2,1-2H3,(H,30,33). The molecule has 1 amide bonds. The smallest absolute Gasteiger partial charge is 0.255 e. The highest BCUT2D eigenvalue weighted by molar-refractivity contribution is 6.01. The van der Waals surface area contributed by atoms with Crippen molar-refractivity contribution in [2.45, 2.75) is 33.5 Å². The highest BCUT2D eigenvalue weighted by Gasteiger charge is 2.16. The van der Waals surface area contributed by atoms with E-state index >= 15 is 0 Å². The first-order chi connectivity index (χ1) is 17.1. The molecule has 176 valence electrons. The Kier molecular flexibility index (Phi) is 6.30. The van der Waals surface area contributed by atoms with Gasteiger partial charge < -0.3 is 19.1 Å². The van der Waals surface area contributed by atoms with E-state index in [4.69, 9.17) is 9.26 Å². The van der Waals surface area contributed by atoms with Gasteiger partial charge in [-0.1, -0.05) is 53.7 Å². The van der Waals surface area contributed by atoms with Crippen LogP contribution in [0.25, 0.3) is 10.8 Å². The summed E-state index contributed by atoms with van der Waals surface area (Å²) in [5.41, 5.74) is 4.35. The average molecular weight is 467 g/mol. The van der Waals surface area contributed by atoms with Crippen molar-refractivity contribution in [1.29, 1.82) is 0 Å². The third kappa shape index (κ3) is 5.09. The van der Waals surface area contributed by atoms with E-state index in [1.54, 1.807) is 12.5 Å². The molecule has 2 heterocycles. The number of hydrogen-bond acceptors (Lipinski definition) is 5. The van der Waals surface area contributed by atoms with Crippen molar-refractivity contribution >= 4 is 16.7 Å². The molecule has 7 nitrogen and oxygen atoms in total. The fourth-order valence-corrected chi connectivity index (χ4v) is 4.01. The zero-order valence-corrected chi connectivity index (χ0v) is 19.7. The second-order valence-electron chi connectivity index (χ2n) is 8.52. The van der Waals surface area contributed by atoms with E-state index < -0.39 is 0 Å². The number of rotatable bonds is 8. The molecule has 0 spiro atoms. The average Bonchev–Trinajstić information content (AvgIpc) is 3.50. The van der Waals surface area contributed by atoms with Crippen LogP contribution in [0.4, 0.5) is 0 Å². The molecule has 0 atom stereocenters. The number of fused-ring (bicyclic) bond motifs is 1. The highest BCUT2D eigenvalue weighted by Crippen LogP contribution is 2.28. The van der Waals surface area contributed by atoms with E-state index in [2.05, 4.69) is 27.6 Å². The van der Waals surface area contributed by atoms with Crippen LogP contribution in [0, 0.1) is 13.8 Å². The molecule has 0 aliphatic carbocycles. The first kappa shape index (κ1) is 22.4. The summed E-state index contributed by atoms with van der Waals surface area (Å²) in [4.78, 5) is 17.3. The van der Waals surface area contributed by atoms with Crippen LogP contribution in [-0.2, 0) is 19.7 Å². The molecule has 5 rings (SSSR count). The minimum Gasteiger partial charge on any atom is -0.488 e. The number of carbonyl (C=O) groups is 1. The van der Waals surface area contributed by atoms with Crippen LogP contribution in [0.2, 0.25) is 0 Å². The van der Waals surface area contributed by atoms with Crippen LogP contribution < -0.4 is 10.1 Å². The van der Waals surface area contributed by atoms with Gasteiger partial charge in [0.15, 0.2) is 0 Å². The van der Waals surface area contributed by atoms with Gasteiger partial charge in [0.1, 0.15) is 18.1 Å². The maximum absolute atomic E-state index is 13.2. The number of hydrogen-bond donors (Lipinski definition) is 1. The van der Waals surface area contributed by atoms with Crippen LogP contribution >= 0.6 is 0 Å². The number of imidazole rings is 1. The van der Waals surface area contributed by atoms with E-state index in [-0.39, 0.29) is 12.5 Å². The lowest BCUT2D eigenvalue weighted by Gasteiger charge is -2.14. The number of aryl methyl sites for hydroxylation is 2. The third-order valence-electron chi connectivity index (χ3n) is 6.05. The molecule has 0 aliphatic rings. The van der Waals surface area contributed by atoms with Gasteiger partial charge in [-0.25, -0.2) is 4.98 Å². The number of benzene rings is 3. The maximum atomic E-state index is 13.2. The monoisotopic (exact) mass is 466 g/mol. The Bertz CT molecular complexity index is 1430. The number of carbonyl (C=O) groups excluding carboxylic acids is 1. The second kappa shape index (κ2) is 9.85. The predicted octanol–water partition coefficient (Wildman–Crippen LogP) is 5.20. The molecule has 35 heavy (non-hydrogen) atoms. The maximum Gasteiger partial charge on any atom is 0.255 e. The van der Waals surface area contributed by atoms with Crippen molar-refractivity contribution in [1.82, 2.24) is 20.0 Å². The SMILES string of the molecule is Cc1noc(C)c1COc1cc2ccccc2cc1C(=O)NCc1ccc(Cn2ccnc2)cc1. The van der Waals surface area contributed by atoms with Crippen molar-refractivity contribution in [3.8, 4) is 5.75 Å². The van der Waals surface area contributed by atoms with E-state index in [0.717, 1.165) is 34.1 Å². The fraction of sp³-hybridized carbons (Fsp3) is 0.179. The van der Waals surface area contributed by atoms with Gasteiger partial charge in [-0.05, 0) is 47.9 Å². The highest BCUT2D eigenvalue weighted by atomic mass is 16.5. The van der Waals surface area contributed by atoms with Gasteiger partial charge in [0.25, 0.3) is 5.91 Å². The lowest BCUT2D eigenvalue weighted by Crippen LogP contribution is -2.23. The van der Waals surface area contributed by atoms with Crippen molar-refractivity contribution in [2.75, 3.05) is 0 Å². The van der Waals surface area contributed by atoms with Gasteiger partial charge >= 0.3 is 0 Å². The molecular formula is C28H26N4O3. The quantitative estimate of drug-likeness (QED) is 0.340. The molecule has 0 fully saturated rings. The van der Waals surface area contributed by atoms with Crippen LogP contribution in [0.15, 0.2) is 83.9 Å². The molecule has 1 N–H and O–H groups in total. The minimum absolute atomic E-state index is 0.188. The molecule has 0 radical (unpaired) electrons. The number of ether oxygens (including phenoxy) is 1. The summed E-state index contributed by atoms with van der Waals surface area (Å²) in [6.45, 7) is 5.19. The predicted molar refractivity (Wildman–Crippen MR) is 133 cm³/mol. The molecule has 5 aromatic rings. The van der Waals surface area contributed by atoms with E-state index in [1.807, 2.05) is 73.1 Å². The third-order valence-corrected chi connectivity index (χ3v) is 6.05. The fourth-order valence-electron chi connectivity index (χ4n) is 4.01. The first-order valence-electron chi connectivity index (χ1n) is 11.5. The molecule has 0 aliphatic heterocycles. The summed E-state index contributed by atoms with van der Waals surface area (Å²) < 4.78 is 13.4.